The molecule has 0 aromatic rings. The number of carbonyl (C=O) groups is 1. The van der Waals surface area contributed by atoms with Crippen molar-refractivity contribution in [2.24, 2.45) is 0 Å². The van der Waals surface area contributed by atoms with Crippen molar-refractivity contribution in [3.63, 3.8) is 0 Å². The van der Waals surface area contributed by atoms with Crippen molar-refractivity contribution in [1.82, 2.24) is 10.2 Å². The van der Waals surface area contributed by atoms with E-state index in [1.807, 2.05) is 18.7 Å². The summed E-state index contributed by atoms with van der Waals surface area (Å²) in [6.45, 7) is 11.4. The number of ether oxygens (including phenoxy) is 1. The molecule has 1 fully saturated rings. The molecule has 4 nitrogen and oxygen atoms in total. The lowest BCUT2D eigenvalue weighted by Crippen LogP contribution is -2.45. The smallest absolute Gasteiger partial charge is 0.224 e. The minimum Gasteiger partial charge on any atom is -0.378 e. The Balaban J connectivity index is 2.38. The second kappa shape index (κ2) is 6.66. The molecule has 1 amide bonds. The summed E-state index contributed by atoms with van der Waals surface area (Å²) in [6.07, 6.45) is 0.515. The number of nitrogens with one attached hydrogen (secondary N) is 1. The van der Waals surface area contributed by atoms with Gasteiger partial charge in [0.25, 0.3) is 0 Å². The Bertz CT molecular complexity index is 247. The van der Waals surface area contributed by atoms with Gasteiger partial charge < -0.3 is 15.0 Å². The van der Waals surface area contributed by atoms with E-state index < -0.39 is 0 Å². The van der Waals surface area contributed by atoms with Crippen LogP contribution in [0.4, 0.5) is 0 Å². The highest BCUT2D eigenvalue weighted by Gasteiger charge is 2.20. The van der Waals surface area contributed by atoms with Crippen molar-refractivity contribution in [3.8, 4) is 0 Å². The van der Waals surface area contributed by atoms with Crippen LogP contribution in [0.25, 0.3) is 0 Å². The Morgan fingerprint density at radius 3 is 2.88 bits per heavy atom. The zero-order valence-electron chi connectivity index (χ0n) is 10.3. The van der Waals surface area contributed by atoms with Crippen molar-refractivity contribution in [3.05, 3.63) is 12.2 Å². The van der Waals surface area contributed by atoms with Gasteiger partial charge in [-0.05, 0) is 13.8 Å². The van der Waals surface area contributed by atoms with E-state index in [1.165, 1.54) is 0 Å². The van der Waals surface area contributed by atoms with Crippen molar-refractivity contribution in [1.29, 1.82) is 0 Å². The van der Waals surface area contributed by atoms with Crippen LogP contribution in [0.5, 0.6) is 0 Å². The SMILES string of the molecule is C=C(C)CN(CC)C(=O)CC1COCCN1. The van der Waals surface area contributed by atoms with Crippen LogP contribution in [0.15, 0.2) is 12.2 Å². The van der Waals surface area contributed by atoms with E-state index in [4.69, 9.17) is 4.74 Å². The van der Waals surface area contributed by atoms with Crippen LogP contribution in [0.2, 0.25) is 0 Å². The van der Waals surface area contributed by atoms with E-state index in [2.05, 4.69) is 11.9 Å². The topological polar surface area (TPSA) is 41.6 Å². The third kappa shape index (κ3) is 4.33. The number of rotatable bonds is 5. The summed E-state index contributed by atoms with van der Waals surface area (Å²) in [7, 11) is 0. The van der Waals surface area contributed by atoms with Gasteiger partial charge in [-0.2, -0.15) is 0 Å². The average Bonchev–Trinajstić information content (AvgIpc) is 2.26. The van der Waals surface area contributed by atoms with Crippen LogP contribution in [-0.4, -0.2) is 49.7 Å². The number of morpholine rings is 1. The number of hydrogen-bond donors (Lipinski definition) is 1. The molecule has 1 unspecified atom stereocenters. The fraction of sp³-hybridized carbons (Fsp3) is 0.750. The fourth-order valence-corrected chi connectivity index (χ4v) is 1.79. The summed E-state index contributed by atoms with van der Waals surface area (Å²) >= 11 is 0. The molecule has 0 saturated carbocycles. The molecule has 0 spiro atoms. The van der Waals surface area contributed by atoms with E-state index in [1.54, 1.807) is 0 Å². The summed E-state index contributed by atoms with van der Waals surface area (Å²) in [5.74, 6) is 0.175. The minimum atomic E-state index is 0.167. The van der Waals surface area contributed by atoms with Gasteiger partial charge in [0.15, 0.2) is 0 Å². The van der Waals surface area contributed by atoms with E-state index in [9.17, 15) is 4.79 Å². The van der Waals surface area contributed by atoms with Crippen molar-refractivity contribution in [2.45, 2.75) is 26.3 Å². The lowest BCUT2D eigenvalue weighted by Gasteiger charge is -2.27. The van der Waals surface area contributed by atoms with E-state index in [0.29, 0.717) is 19.6 Å². The summed E-state index contributed by atoms with van der Waals surface area (Å²) in [5.41, 5.74) is 1.02. The van der Waals surface area contributed by atoms with Crippen molar-refractivity contribution < 1.29 is 9.53 Å². The molecule has 0 radical (unpaired) electrons. The molecular formula is C12H22N2O2. The molecule has 0 bridgehead atoms. The maximum Gasteiger partial charge on any atom is 0.224 e. The van der Waals surface area contributed by atoms with E-state index in [-0.39, 0.29) is 11.9 Å². The first-order valence-corrected chi connectivity index (χ1v) is 5.86. The third-order valence-corrected chi connectivity index (χ3v) is 2.61. The molecule has 1 rings (SSSR count). The maximum absolute atomic E-state index is 12.0. The highest BCUT2D eigenvalue weighted by Crippen LogP contribution is 2.04. The first kappa shape index (κ1) is 13.2. The molecule has 1 aliphatic rings. The molecule has 1 N–H and O–H groups in total. The number of amides is 1. The van der Waals surface area contributed by atoms with Crippen LogP contribution >= 0.6 is 0 Å². The van der Waals surface area contributed by atoms with Gasteiger partial charge in [-0.15, -0.1) is 0 Å². The quantitative estimate of drug-likeness (QED) is 0.705. The first-order chi connectivity index (χ1) is 7.63. The zero-order chi connectivity index (χ0) is 12.0. The van der Waals surface area contributed by atoms with Gasteiger partial charge in [0.05, 0.1) is 13.2 Å². The van der Waals surface area contributed by atoms with Crippen molar-refractivity contribution in [2.75, 3.05) is 32.8 Å². The maximum atomic E-state index is 12.0. The van der Waals surface area contributed by atoms with E-state index >= 15 is 0 Å². The highest BCUT2D eigenvalue weighted by atomic mass is 16.5. The first-order valence-electron chi connectivity index (χ1n) is 5.86. The lowest BCUT2D eigenvalue weighted by atomic mass is 10.1. The number of likely N-dealkylation sites (N-methyl/N-ethyl adjacent to an activating group) is 1. The lowest BCUT2D eigenvalue weighted by molar-refractivity contribution is -0.131. The normalized spacial score (nSPS) is 20.5. The Morgan fingerprint density at radius 1 is 1.62 bits per heavy atom. The predicted octanol–water partition coefficient (Wildman–Crippen LogP) is 0.790. The van der Waals surface area contributed by atoms with Gasteiger partial charge in [-0.25, -0.2) is 0 Å². The monoisotopic (exact) mass is 226 g/mol. The molecule has 0 aromatic carbocycles. The molecule has 92 valence electrons. The predicted molar refractivity (Wildman–Crippen MR) is 64.3 cm³/mol. The molecular weight excluding hydrogens is 204 g/mol. The Hall–Kier alpha value is -0.870. The minimum absolute atomic E-state index is 0.167. The van der Waals surface area contributed by atoms with Crippen LogP contribution in [-0.2, 0) is 9.53 Å². The van der Waals surface area contributed by atoms with Crippen LogP contribution in [0, 0.1) is 0 Å². The highest BCUT2D eigenvalue weighted by molar-refractivity contribution is 5.77. The second-order valence-corrected chi connectivity index (χ2v) is 4.30. The Kier molecular flexibility index (Phi) is 5.49. The van der Waals surface area contributed by atoms with Gasteiger partial charge in [-0.1, -0.05) is 12.2 Å². The van der Waals surface area contributed by atoms with Crippen LogP contribution in [0.3, 0.4) is 0 Å². The van der Waals surface area contributed by atoms with Gasteiger partial charge in [0.2, 0.25) is 5.91 Å². The standard InChI is InChI=1S/C12H22N2O2/c1-4-14(8-10(2)3)12(15)7-11-9-16-6-5-13-11/h11,13H,2,4-9H2,1,3H3. The molecule has 0 aromatic heterocycles. The largest absolute Gasteiger partial charge is 0.378 e. The average molecular weight is 226 g/mol. The molecule has 1 aliphatic heterocycles. The van der Waals surface area contributed by atoms with Gasteiger partial charge in [0.1, 0.15) is 0 Å². The molecule has 4 heteroatoms. The summed E-state index contributed by atoms with van der Waals surface area (Å²) in [6, 6.07) is 0.167. The summed E-state index contributed by atoms with van der Waals surface area (Å²) < 4.78 is 5.33. The van der Waals surface area contributed by atoms with Crippen molar-refractivity contribution >= 4 is 5.91 Å². The molecule has 1 heterocycles. The Labute approximate surface area is 97.6 Å². The molecule has 1 atom stereocenters. The second-order valence-electron chi connectivity index (χ2n) is 4.30. The Morgan fingerprint density at radius 2 is 2.38 bits per heavy atom. The molecule has 0 aliphatic carbocycles. The summed E-state index contributed by atoms with van der Waals surface area (Å²) in [5, 5.41) is 3.29. The summed E-state index contributed by atoms with van der Waals surface area (Å²) in [4.78, 5) is 13.8. The number of carbonyl (C=O) groups excluding carboxylic acids is 1. The van der Waals surface area contributed by atoms with Gasteiger partial charge >= 0.3 is 0 Å². The zero-order valence-corrected chi connectivity index (χ0v) is 10.3. The van der Waals surface area contributed by atoms with Gasteiger partial charge in [0, 0.05) is 32.1 Å². The number of hydrogen-bond acceptors (Lipinski definition) is 3. The van der Waals surface area contributed by atoms with E-state index in [0.717, 1.165) is 25.3 Å². The molecule has 16 heavy (non-hydrogen) atoms. The van der Waals surface area contributed by atoms with Crippen LogP contribution < -0.4 is 5.32 Å². The number of nitrogens with zero attached hydrogens (tertiary/aromatic N) is 1. The third-order valence-electron chi connectivity index (χ3n) is 2.61. The van der Waals surface area contributed by atoms with Gasteiger partial charge in [-0.3, -0.25) is 4.79 Å². The van der Waals surface area contributed by atoms with Crippen LogP contribution in [0.1, 0.15) is 20.3 Å². The molecule has 1 saturated heterocycles. The fourth-order valence-electron chi connectivity index (χ4n) is 1.79.